The van der Waals surface area contributed by atoms with Crippen LogP contribution in [0.15, 0.2) is 42.5 Å². The molecule has 0 spiro atoms. The van der Waals surface area contributed by atoms with Crippen LogP contribution < -0.4 is 5.32 Å². The number of pyridine rings is 1. The molecule has 3 atom stereocenters. The summed E-state index contributed by atoms with van der Waals surface area (Å²) in [5.41, 5.74) is -5.36. The predicted octanol–water partition coefficient (Wildman–Crippen LogP) is 7.84. The number of aromatic nitrogens is 5. The first-order chi connectivity index (χ1) is 29.3. The Labute approximate surface area is 363 Å². The number of hydrogen-bond donors (Lipinski definition) is 1. The fourth-order valence-electron chi connectivity index (χ4n) is 7.70. The minimum absolute atomic E-state index is 0.169. The molecule has 1 N–H and O–H groups in total. The largest absolute Gasteiger partial charge is 0.435 e. The Kier molecular flexibility index (Phi) is 11.5. The summed E-state index contributed by atoms with van der Waals surface area (Å²) in [4.78, 5) is 18.5. The van der Waals surface area contributed by atoms with Crippen molar-refractivity contribution >= 4 is 48.1 Å². The van der Waals surface area contributed by atoms with Gasteiger partial charge in [-0.05, 0) is 74.4 Å². The second-order valence-electron chi connectivity index (χ2n) is 16.2. The third-order valence-corrected chi connectivity index (χ3v) is 13.9. The summed E-state index contributed by atoms with van der Waals surface area (Å²) in [5.74, 6) is -5.61. The number of carbonyl (C=O) groups excluding carboxylic acids is 1. The molecule has 1 fully saturated rings. The van der Waals surface area contributed by atoms with Gasteiger partial charge in [0.15, 0.2) is 25.4 Å². The first-order valence-corrected chi connectivity index (χ1v) is 23.1. The molecule has 0 bridgehead atoms. The van der Waals surface area contributed by atoms with Crippen LogP contribution in [0.2, 0.25) is 5.02 Å². The van der Waals surface area contributed by atoms with Gasteiger partial charge in [-0.25, -0.2) is 30.6 Å². The Bertz CT molecular complexity index is 3030. The predicted molar refractivity (Wildman–Crippen MR) is 211 cm³/mol. The van der Waals surface area contributed by atoms with Crippen molar-refractivity contribution in [1.29, 1.82) is 0 Å². The van der Waals surface area contributed by atoms with E-state index in [1.54, 1.807) is 0 Å². The van der Waals surface area contributed by atoms with E-state index in [2.05, 4.69) is 32.3 Å². The highest BCUT2D eigenvalue weighted by Gasteiger charge is 2.68. The lowest BCUT2D eigenvalue weighted by Gasteiger charge is -2.23. The van der Waals surface area contributed by atoms with E-state index in [1.807, 2.05) is 0 Å². The first-order valence-electron chi connectivity index (χ1n) is 18.8. The molecule has 0 radical (unpaired) electrons. The lowest BCUT2D eigenvalue weighted by Crippen LogP contribution is -2.35. The molecule has 2 aliphatic carbocycles. The number of sulfone groups is 2. The molecule has 342 valence electrons. The van der Waals surface area contributed by atoms with Crippen LogP contribution in [0, 0.1) is 29.4 Å². The van der Waals surface area contributed by atoms with Crippen molar-refractivity contribution in [3.63, 3.8) is 0 Å². The SMILES string of the molecule is CC(C)(C#Cc1ccc(-c2ccc(Cl)c3c(CS(C)(=O)=O)nn(CC(F)(F)F)c23)c(C(Cc2cc(F)cc(F)c2)NC(=O)Cn2nc(C(F)(F)F)c3c2C(F)(F)[C@@H]2C[C@H]32)n1)S(C)(=O)=O. The summed E-state index contributed by atoms with van der Waals surface area (Å²) in [7, 11) is -7.80. The minimum atomic E-state index is -5.18. The molecule has 1 unspecified atom stereocenters. The standard InChI is InChI=1S/C40H33ClF10N6O5S2/c1-37(2,64(4,61)62)10-9-22-5-6-23(24-7-8-27(41)32-29(17-63(3,59)60)54-57(34(24)32)18-38(44,45)46)33(52-22)28(13-19-11-20(42)14-21(43)12-19)53-30(58)16-56-36-31(35(55-56)40(49,50)51)25-15-26(25)39(36,47)48/h5-8,11-12,14,25-26,28H,13,15-18H2,1-4H3,(H,53,58)/t25-,26+,28?/m0/s1. The van der Waals surface area contributed by atoms with Gasteiger partial charge in [0.1, 0.15) is 40.9 Å². The van der Waals surface area contributed by atoms with E-state index in [1.165, 1.54) is 38.1 Å². The highest BCUT2D eigenvalue weighted by Crippen LogP contribution is 2.68. The number of hydrogen-bond acceptors (Lipinski definition) is 8. The van der Waals surface area contributed by atoms with Gasteiger partial charge in [0.25, 0.3) is 5.92 Å². The van der Waals surface area contributed by atoms with Crippen LogP contribution in [0.25, 0.3) is 22.0 Å². The summed E-state index contributed by atoms with van der Waals surface area (Å²) in [6, 6.07) is 5.38. The average molecular weight is 967 g/mol. The van der Waals surface area contributed by atoms with Crippen molar-refractivity contribution in [3.05, 3.63) is 98.7 Å². The third kappa shape index (κ3) is 9.31. The number of fused-ring (bicyclic) bond motifs is 4. The van der Waals surface area contributed by atoms with Crippen molar-refractivity contribution in [2.24, 2.45) is 5.92 Å². The molecule has 11 nitrogen and oxygen atoms in total. The Hall–Kier alpha value is -5.21. The summed E-state index contributed by atoms with van der Waals surface area (Å²) >= 11 is 6.50. The second kappa shape index (κ2) is 15.7. The zero-order valence-corrected chi connectivity index (χ0v) is 35.9. The minimum Gasteiger partial charge on any atom is -0.346 e. The fraction of sp³-hybridized carbons (Fsp3) is 0.400. The van der Waals surface area contributed by atoms with E-state index >= 15 is 8.78 Å². The van der Waals surface area contributed by atoms with Crippen LogP contribution in [0.1, 0.15) is 71.8 Å². The smallest absolute Gasteiger partial charge is 0.346 e. The molecule has 2 aliphatic rings. The Morgan fingerprint density at radius 3 is 2.19 bits per heavy atom. The first kappa shape index (κ1) is 46.8. The summed E-state index contributed by atoms with van der Waals surface area (Å²) in [6.45, 7) is -0.487. The maximum Gasteiger partial charge on any atom is 0.435 e. The Morgan fingerprint density at radius 1 is 0.953 bits per heavy atom. The molecule has 3 aromatic heterocycles. The van der Waals surface area contributed by atoms with Crippen LogP contribution in [0.5, 0.6) is 0 Å². The maximum atomic E-state index is 15.5. The molecule has 0 saturated heterocycles. The van der Waals surface area contributed by atoms with E-state index in [0.717, 1.165) is 24.6 Å². The number of nitrogens with zero attached hydrogens (tertiary/aromatic N) is 5. The quantitative estimate of drug-likeness (QED) is 0.104. The fourth-order valence-corrected chi connectivity index (χ4v) is 8.90. The van der Waals surface area contributed by atoms with Crippen LogP contribution in [-0.2, 0) is 61.8 Å². The van der Waals surface area contributed by atoms with Crippen LogP contribution in [-0.4, -0.2) is 70.7 Å². The molecule has 64 heavy (non-hydrogen) atoms. The van der Waals surface area contributed by atoms with Gasteiger partial charge in [-0.3, -0.25) is 14.2 Å². The normalized spacial score (nSPS) is 17.7. The van der Waals surface area contributed by atoms with E-state index in [4.69, 9.17) is 11.6 Å². The highest BCUT2D eigenvalue weighted by atomic mass is 35.5. The molecule has 1 amide bonds. The highest BCUT2D eigenvalue weighted by molar-refractivity contribution is 7.92. The molecule has 1 saturated carbocycles. The second-order valence-corrected chi connectivity index (χ2v) is 21.3. The number of nitrogens with one attached hydrogen (secondary N) is 1. The number of rotatable bonds is 11. The lowest BCUT2D eigenvalue weighted by atomic mass is 9.93. The van der Waals surface area contributed by atoms with Crippen LogP contribution in [0.4, 0.5) is 43.9 Å². The lowest BCUT2D eigenvalue weighted by molar-refractivity contribution is -0.143. The van der Waals surface area contributed by atoms with E-state index in [9.17, 15) is 56.8 Å². The van der Waals surface area contributed by atoms with Gasteiger partial charge in [-0.2, -0.15) is 45.3 Å². The van der Waals surface area contributed by atoms with Gasteiger partial charge in [-0.1, -0.05) is 23.6 Å². The monoisotopic (exact) mass is 966 g/mol. The Balaban J connectivity index is 1.45. The molecule has 7 rings (SSSR count). The van der Waals surface area contributed by atoms with Gasteiger partial charge in [0, 0.05) is 46.6 Å². The van der Waals surface area contributed by atoms with Gasteiger partial charge in [0.05, 0.1) is 33.7 Å². The molecule has 0 aliphatic heterocycles. The summed E-state index contributed by atoms with van der Waals surface area (Å²) in [5, 5.41) is 9.31. The van der Waals surface area contributed by atoms with Crippen LogP contribution >= 0.6 is 11.6 Å². The number of benzene rings is 2. The van der Waals surface area contributed by atoms with Crippen molar-refractivity contribution in [3.8, 4) is 23.0 Å². The number of alkyl halides is 8. The molecule has 5 aromatic rings. The molecule has 2 aromatic carbocycles. The molecule has 24 heteroatoms. The van der Waals surface area contributed by atoms with Crippen LogP contribution in [0.3, 0.4) is 0 Å². The zero-order chi connectivity index (χ0) is 47.3. The molecular weight excluding hydrogens is 934 g/mol. The number of amides is 1. The van der Waals surface area contributed by atoms with E-state index < -0.39 is 126 Å². The zero-order valence-electron chi connectivity index (χ0n) is 33.6. The molecular formula is C40H33ClF10N6O5S2. The van der Waals surface area contributed by atoms with Crippen molar-refractivity contribution < 1.29 is 65.5 Å². The van der Waals surface area contributed by atoms with E-state index in [0.29, 0.717) is 10.7 Å². The van der Waals surface area contributed by atoms with Gasteiger partial charge in [0.2, 0.25) is 5.91 Å². The van der Waals surface area contributed by atoms with Gasteiger partial charge >= 0.3 is 12.4 Å². The number of carbonyl (C=O) groups is 1. The van der Waals surface area contributed by atoms with Crippen molar-refractivity contribution in [1.82, 2.24) is 29.9 Å². The third-order valence-electron chi connectivity index (χ3n) is 10.8. The topological polar surface area (TPSA) is 146 Å². The van der Waals surface area contributed by atoms with Gasteiger partial charge < -0.3 is 5.32 Å². The van der Waals surface area contributed by atoms with Crippen molar-refractivity contribution in [2.45, 2.75) is 80.5 Å². The van der Waals surface area contributed by atoms with Gasteiger partial charge in [-0.15, -0.1) is 0 Å². The maximum absolute atomic E-state index is 15.5. The number of halogens is 11. The average Bonchev–Trinajstić information content (AvgIpc) is 3.66. The summed E-state index contributed by atoms with van der Waals surface area (Å²) < 4.78 is 194. The van der Waals surface area contributed by atoms with Crippen molar-refractivity contribution in [2.75, 3.05) is 12.5 Å². The molecule has 3 heterocycles. The van der Waals surface area contributed by atoms with E-state index in [-0.39, 0.29) is 55.3 Å². The summed E-state index contributed by atoms with van der Waals surface area (Å²) in [6.07, 6.45) is -9.29. The Morgan fingerprint density at radius 2 is 1.59 bits per heavy atom.